The number of aromatic nitrogens is 4. The van der Waals surface area contributed by atoms with E-state index in [0.717, 1.165) is 42.2 Å². The molecular formula is C18H22N6. The van der Waals surface area contributed by atoms with Crippen molar-refractivity contribution in [3.05, 3.63) is 24.2 Å². The maximum atomic E-state index is 9.20. The van der Waals surface area contributed by atoms with E-state index in [-0.39, 0.29) is 6.04 Å². The number of hydrogen-bond acceptors (Lipinski definition) is 5. The summed E-state index contributed by atoms with van der Waals surface area (Å²) in [5.41, 5.74) is 3.39. The first kappa shape index (κ1) is 15.1. The summed E-state index contributed by atoms with van der Waals surface area (Å²) in [6.45, 7) is 0.911. The molecule has 124 valence electrons. The molecule has 0 spiro atoms. The van der Waals surface area contributed by atoms with Crippen LogP contribution in [0.4, 0.5) is 5.82 Å². The zero-order valence-corrected chi connectivity index (χ0v) is 13.8. The van der Waals surface area contributed by atoms with Gasteiger partial charge in [0.1, 0.15) is 0 Å². The van der Waals surface area contributed by atoms with Crippen molar-refractivity contribution in [2.24, 2.45) is 5.92 Å². The van der Waals surface area contributed by atoms with Crippen LogP contribution < -0.4 is 5.32 Å². The van der Waals surface area contributed by atoms with E-state index in [1.165, 1.54) is 31.2 Å². The fourth-order valence-corrected chi connectivity index (χ4v) is 4.06. The van der Waals surface area contributed by atoms with Crippen LogP contribution in [0.1, 0.15) is 50.1 Å². The quantitative estimate of drug-likeness (QED) is 0.913. The Balaban J connectivity index is 1.59. The van der Waals surface area contributed by atoms with Gasteiger partial charge >= 0.3 is 0 Å². The molecule has 0 amide bonds. The molecule has 1 aliphatic heterocycles. The van der Waals surface area contributed by atoms with Crippen molar-refractivity contribution in [3.8, 4) is 17.2 Å². The molecule has 1 N–H and O–H groups in total. The maximum Gasteiger partial charge on any atom is 0.152 e. The molecule has 2 aliphatic rings. The lowest BCUT2D eigenvalue weighted by Gasteiger charge is -2.18. The molecule has 6 nitrogen and oxygen atoms in total. The lowest BCUT2D eigenvalue weighted by Crippen LogP contribution is -2.13. The van der Waals surface area contributed by atoms with Gasteiger partial charge in [-0.1, -0.05) is 25.7 Å². The molecule has 24 heavy (non-hydrogen) atoms. The maximum absolute atomic E-state index is 9.20. The summed E-state index contributed by atoms with van der Waals surface area (Å²) in [7, 11) is 0. The van der Waals surface area contributed by atoms with Crippen LogP contribution in [0.25, 0.3) is 11.1 Å². The smallest absolute Gasteiger partial charge is 0.152 e. The predicted molar refractivity (Wildman–Crippen MR) is 91.3 cm³/mol. The van der Waals surface area contributed by atoms with Gasteiger partial charge in [-0.05, 0) is 18.8 Å². The third kappa shape index (κ3) is 2.86. The van der Waals surface area contributed by atoms with Crippen LogP contribution in [0.5, 0.6) is 0 Å². The lowest BCUT2D eigenvalue weighted by atomic mass is 9.97. The van der Waals surface area contributed by atoms with Gasteiger partial charge in [0.05, 0.1) is 30.9 Å². The minimum atomic E-state index is 0.174. The summed E-state index contributed by atoms with van der Waals surface area (Å²) in [6, 6.07) is 2.51. The summed E-state index contributed by atoms with van der Waals surface area (Å²) >= 11 is 0. The molecule has 0 saturated heterocycles. The van der Waals surface area contributed by atoms with E-state index >= 15 is 0 Å². The SMILES string of the molecule is N#CCC(CC1CCCC1)n1cc(-c2cnnc3c2CCN3)cn1. The van der Waals surface area contributed by atoms with Crippen LogP contribution in [0.3, 0.4) is 0 Å². The Morgan fingerprint density at radius 3 is 3.04 bits per heavy atom. The second-order valence-electron chi connectivity index (χ2n) is 6.87. The van der Waals surface area contributed by atoms with Gasteiger partial charge in [0.25, 0.3) is 0 Å². The van der Waals surface area contributed by atoms with Gasteiger partial charge in [-0.15, -0.1) is 5.10 Å². The average molecular weight is 322 g/mol. The molecule has 3 heterocycles. The Kier molecular flexibility index (Phi) is 4.16. The fourth-order valence-electron chi connectivity index (χ4n) is 4.06. The summed E-state index contributed by atoms with van der Waals surface area (Å²) < 4.78 is 1.99. The Bertz CT molecular complexity index is 753. The van der Waals surface area contributed by atoms with Crippen molar-refractivity contribution >= 4 is 5.82 Å². The Morgan fingerprint density at radius 1 is 1.33 bits per heavy atom. The van der Waals surface area contributed by atoms with Crippen LogP contribution in [-0.2, 0) is 6.42 Å². The molecule has 1 aliphatic carbocycles. The van der Waals surface area contributed by atoms with E-state index in [9.17, 15) is 5.26 Å². The molecule has 0 radical (unpaired) electrons. The largest absolute Gasteiger partial charge is 0.368 e. The van der Waals surface area contributed by atoms with Gasteiger partial charge in [-0.3, -0.25) is 4.68 Å². The zero-order chi connectivity index (χ0) is 16.4. The van der Waals surface area contributed by atoms with Gasteiger partial charge in [0.15, 0.2) is 5.82 Å². The van der Waals surface area contributed by atoms with E-state index in [2.05, 4.69) is 32.9 Å². The van der Waals surface area contributed by atoms with E-state index in [1.807, 2.05) is 17.1 Å². The molecule has 1 unspecified atom stereocenters. The molecular weight excluding hydrogens is 300 g/mol. The minimum Gasteiger partial charge on any atom is -0.368 e. The van der Waals surface area contributed by atoms with E-state index < -0.39 is 0 Å². The van der Waals surface area contributed by atoms with Crippen molar-refractivity contribution in [2.75, 3.05) is 11.9 Å². The highest BCUT2D eigenvalue weighted by Gasteiger charge is 2.23. The topological polar surface area (TPSA) is 79.4 Å². The van der Waals surface area contributed by atoms with Gasteiger partial charge in [0, 0.05) is 29.4 Å². The number of nitriles is 1. The number of hydrogen-bond donors (Lipinski definition) is 1. The van der Waals surface area contributed by atoms with Crippen LogP contribution in [-0.4, -0.2) is 26.5 Å². The summed E-state index contributed by atoms with van der Waals surface area (Å²) in [4.78, 5) is 0. The third-order valence-electron chi connectivity index (χ3n) is 5.32. The van der Waals surface area contributed by atoms with Crippen molar-refractivity contribution in [3.63, 3.8) is 0 Å². The Morgan fingerprint density at radius 2 is 2.21 bits per heavy atom. The highest BCUT2D eigenvalue weighted by Crippen LogP contribution is 2.34. The van der Waals surface area contributed by atoms with Gasteiger partial charge in [-0.2, -0.15) is 15.5 Å². The van der Waals surface area contributed by atoms with Gasteiger partial charge in [0.2, 0.25) is 0 Å². The molecule has 4 rings (SSSR count). The molecule has 1 fully saturated rings. The summed E-state index contributed by atoms with van der Waals surface area (Å²) in [6.07, 6.45) is 13.6. The van der Waals surface area contributed by atoms with Crippen molar-refractivity contribution < 1.29 is 0 Å². The summed E-state index contributed by atoms with van der Waals surface area (Å²) in [5, 5.41) is 25.3. The van der Waals surface area contributed by atoms with Crippen LogP contribution >= 0.6 is 0 Å². The first-order valence-corrected chi connectivity index (χ1v) is 8.85. The molecule has 0 aromatic carbocycles. The highest BCUT2D eigenvalue weighted by molar-refractivity contribution is 5.71. The van der Waals surface area contributed by atoms with E-state index in [0.29, 0.717) is 6.42 Å². The van der Waals surface area contributed by atoms with Crippen LogP contribution in [0.15, 0.2) is 18.6 Å². The van der Waals surface area contributed by atoms with Gasteiger partial charge < -0.3 is 5.32 Å². The first-order valence-electron chi connectivity index (χ1n) is 8.85. The number of nitrogens with zero attached hydrogens (tertiary/aromatic N) is 5. The fraction of sp³-hybridized carbons (Fsp3) is 0.556. The number of rotatable bonds is 5. The Hall–Kier alpha value is -2.42. The van der Waals surface area contributed by atoms with Crippen LogP contribution in [0, 0.1) is 17.2 Å². The lowest BCUT2D eigenvalue weighted by molar-refractivity contribution is 0.350. The molecule has 2 aromatic rings. The monoisotopic (exact) mass is 322 g/mol. The molecule has 6 heteroatoms. The summed E-state index contributed by atoms with van der Waals surface area (Å²) in [5.74, 6) is 1.63. The third-order valence-corrected chi connectivity index (χ3v) is 5.32. The number of anilines is 1. The van der Waals surface area contributed by atoms with E-state index in [4.69, 9.17) is 0 Å². The second kappa shape index (κ2) is 6.60. The van der Waals surface area contributed by atoms with E-state index in [1.54, 1.807) is 0 Å². The first-order chi connectivity index (χ1) is 11.8. The Labute approximate surface area is 141 Å². The standard InChI is InChI=1S/C18H22N6/c19-7-5-15(9-13-3-1-2-4-13)24-12-14(10-22-24)17-11-21-23-18-16(17)6-8-20-18/h10-13,15H,1-6,8-9H2,(H,20,23). The average Bonchev–Trinajstić information content (AvgIpc) is 3.34. The zero-order valence-electron chi connectivity index (χ0n) is 13.8. The molecule has 1 saturated carbocycles. The minimum absolute atomic E-state index is 0.174. The molecule has 2 aromatic heterocycles. The van der Waals surface area contributed by atoms with Crippen LogP contribution in [0.2, 0.25) is 0 Å². The van der Waals surface area contributed by atoms with Gasteiger partial charge in [-0.25, -0.2) is 0 Å². The highest BCUT2D eigenvalue weighted by atomic mass is 15.3. The molecule has 0 bridgehead atoms. The van der Waals surface area contributed by atoms with Crippen molar-refractivity contribution in [1.29, 1.82) is 5.26 Å². The predicted octanol–water partition coefficient (Wildman–Crippen LogP) is 3.34. The molecule has 1 atom stereocenters. The van der Waals surface area contributed by atoms with Crippen molar-refractivity contribution in [2.45, 2.75) is 51.0 Å². The second-order valence-corrected chi connectivity index (χ2v) is 6.87. The normalized spacial score (nSPS) is 18.1. The van der Waals surface area contributed by atoms with Crippen molar-refractivity contribution in [1.82, 2.24) is 20.0 Å². The number of nitrogens with one attached hydrogen (secondary N) is 1. The number of fused-ring (bicyclic) bond motifs is 1.